The maximum atomic E-state index is 12.8. The zero-order chi connectivity index (χ0) is 23.4. The fraction of sp³-hybridized carbons (Fsp3) is 0.286. The van der Waals surface area contributed by atoms with Crippen LogP contribution in [-0.2, 0) is 4.79 Å². The molecule has 0 spiro atoms. The molecule has 1 saturated heterocycles. The van der Waals surface area contributed by atoms with Gasteiger partial charge in [-0.2, -0.15) is 0 Å². The molecule has 2 aromatic heterocycles. The number of carbonyl (C=O) groups excluding carboxylic acids is 1. The van der Waals surface area contributed by atoms with Gasteiger partial charge in [-0.25, -0.2) is 15.0 Å². The van der Waals surface area contributed by atoms with Crippen molar-refractivity contribution in [2.24, 2.45) is 0 Å². The first kappa shape index (κ1) is 22.3. The van der Waals surface area contributed by atoms with Crippen LogP contribution in [0.1, 0.15) is 11.4 Å². The van der Waals surface area contributed by atoms with Crippen molar-refractivity contribution in [3.63, 3.8) is 0 Å². The monoisotopic (exact) mass is 469 g/mol. The number of piperazine rings is 1. The quantitative estimate of drug-likeness (QED) is 0.381. The number of halogens is 1. The number of ether oxygens (including phenoxy) is 1. The molecule has 1 aliphatic heterocycles. The summed E-state index contributed by atoms with van der Waals surface area (Å²) in [6.07, 6.45) is 4.45. The van der Waals surface area contributed by atoms with E-state index < -0.39 is 0 Å². The molecular formula is C21H24ClN9O2. The number of aromatic amines is 1. The lowest BCUT2D eigenvalue weighted by molar-refractivity contribution is -0.129. The number of amides is 1. The molecule has 0 saturated carbocycles. The van der Waals surface area contributed by atoms with Crippen molar-refractivity contribution < 1.29 is 9.53 Å². The Hall–Kier alpha value is -3.86. The summed E-state index contributed by atoms with van der Waals surface area (Å²) in [5, 5.41) is 12.0. The van der Waals surface area contributed by atoms with E-state index in [0.29, 0.717) is 54.2 Å². The van der Waals surface area contributed by atoms with E-state index in [9.17, 15) is 4.79 Å². The average Bonchev–Trinajstić information content (AvgIpc) is 3.38. The number of nitrogen functional groups attached to an aromatic ring is 1. The van der Waals surface area contributed by atoms with Gasteiger partial charge in [0.1, 0.15) is 29.4 Å². The number of rotatable bonds is 7. The third kappa shape index (κ3) is 4.82. The molecule has 1 fully saturated rings. The first-order chi connectivity index (χ1) is 16.0. The Morgan fingerprint density at radius 2 is 2.06 bits per heavy atom. The second-order valence-electron chi connectivity index (χ2n) is 7.34. The number of nitrogens with two attached hydrogens (primary N) is 1. The minimum absolute atomic E-state index is 0.0175. The van der Waals surface area contributed by atoms with Crippen LogP contribution in [0.5, 0.6) is 5.75 Å². The molecule has 12 heteroatoms. The standard InChI is InChI=1S/C21H24ClN9O2/c1-33-15-10-13(2-3-14(15)22)30-6-8-31(9-7-30)16(32)11-27-20-17(19(24)28-12-29-20)18(23)21-25-4-5-26-21/h2-5,10,12,23H,6-9,11H2,1H3,(H,25,26)(H3,24,27,28,29). The number of imidazole rings is 1. The fourth-order valence-electron chi connectivity index (χ4n) is 3.63. The van der Waals surface area contributed by atoms with Gasteiger partial charge in [-0.1, -0.05) is 11.6 Å². The SMILES string of the molecule is COc1cc(N2CCN(C(=O)CNc3ncnc(N)c3C(=N)c3ncc[nH]3)CC2)ccc1Cl. The lowest BCUT2D eigenvalue weighted by atomic mass is 10.1. The number of benzene rings is 1. The smallest absolute Gasteiger partial charge is 0.242 e. The maximum absolute atomic E-state index is 12.8. The van der Waals surface area contributed by atoms with Gasteiger partial charge in [0.2, 0.25) is 5.91 Å². The van der Waals surface area contributed by atoms with Crippen molar-refractivity contribution in [3.05, 3.63) is 53.3 Å². The molecule has 3 heterocycles. The van der Waals surface area contributed by atoms with Gasteiger partial charge in [0, 0.05) is 50.3 Å². The molecule has 0 radical (unpaired) electrons. The number of hydrogen-bond donors (Lipinski definition) is 4. The van der Waals surface area contributed by atoms with E-state index in [4.69, 9.17) is 27.5 Å². The van der Waals surface area contributed by atoms with Gasteiger partial charge in [0.05, 0.1) is 24.2 Å². The van der Waals surface area contributed by atoms with Gasteiger partial charge in [-0.3, -0.25) is 10.2 Å². The number of H-pyrrole nitrogens is 1. The van der Waals surface area contributed by atoms with Gasteiger partial charge < -0.3 is 30.6 Å². The van der Waals surface area contributed by atoms with Crippen molar-refractivity contribution in [1.29, 1.82) is 5.41 Å². The minimum atomic E-state index is -0.0731. The molecule has 3 aromatic rings. The van der Waals surface area contributed by atoms with Gasteiger partial charge in [-0.05, 0) is 12.1 Å². The van der Waals surface area contributed by atoms with Crippen LogP contribution in [-0.4, -0.2) is 76.3 Å². The minimum Gasteiger partial charge on any atom is -0.495 e. The molecule has 4 rings (SSSR count). The van der Waals surface area contributed by atoms with Gasteiger partial charge in [0.15, 0.2) is 5.82 Å². The highest BCUT2D eigenvalue weighted by Gasteiger charge is 2.23. The topological polar surface area (TPSA) is 149 Å². The van der Waals surface area contributed by atoms with Crippen LogP contribution in [0.3, 0.4) is 0 Å². The summed E-state index contributed by atoms with van der Waals surface area (Å²) in [4.78, 5) is 31.9. The Labute approximate surface area is 195 Å². The molecule has 33 heavy (non-hydrogen) atoms. The maximum Gasteiger partial charge on any atom is 0.242 e. The molecule has 0 aliphatic carbocycles. The molecule has 172 valence electrons. The summed E-state index contributed by atoms with van der Waals surface area (Å²) in [7, 11) is 1.58. The van der Waals surface area contributed by atoms with E-state index in [2.05, 4.69) is 30.2 Å². The summed E-state index contributed by atoms with van der Waals surface area (Å²) in [5.74, 6) is 1.33. The van der Waals surface area contributed by atoms with Crippen molar-refractivity contribution in [2.75, 3.05) is 55.8 Å². The molecular weight excluding hydrogens is 446 g/mol. The van der Waals surface area contributed by atoms with Crippen LogP contribution < -0.4 is 20.7 Å². The second-order valence-corrected chi connectivity index (χ2v) is 7.74. The molecule has 1 aromatic carbocycles. The summed E-state index contributed by atoms with van der Waals surface area (Å²) in [6, 6.07) is 5.65. The van der Waals surface area contributed by atoms with Crippen LogP contribution in [0.15, 0.2) is 36.9 Å². The normalized spacial score (nSPS) is 13.6. The molecule has 0 bridgehead atoms. The molecule has 0 atom stereocenters. The van der Waals surface area contributed by atoms with Crippen LogP contribution in [0, 0.1) is 5.41 Å². The number of nitrogens with one attached hydrogen (secondary N) is 3. The van der Waals surface area contributed by atoms with Crippen LogP contribution in [0.4, 0.5) is 17.3 Å². The van der Waals surface area contributed by atoms with Crippen LogP contribution >= 0.6 is 11.6 Å². The lowest BCUT2D eigenvalue weighted by Crippen LogP contribution is -2.50. The predicted octanol–water partition coefficient (Wildman–Crippen LogP) is 1.62. The van der Waals surface area contributed by atoms with E-state index in [1.165, 1.54) is 6.33 Å². The molecule has 0 unspecified atom stereocenters. The number of methoxy groups -OCH3 is 1. The number of hydrogen-bond acceptors (Lipinski definition) is 9. The Balaban J connectivity index is 1.37. The third-order valence-corrected chi connectivity index (χ3v) is 5.71. The average molecular weight is 470 g/mol. The second kappa shape index (κ2) is 9.74. The van der Waals surface area contributed by atoms with Gasteiger partial charge in [0.25, 0.3) is 0 Å². The van der Waals surface area contributed by atoms with E-state index >= 15 is 0 Å². The fourth-order valence-corrected chi connectivity index (χ4v) is 3.83. The number of aromatic nitrogens is 4. The van der Waals surface area contributed by atoms with Crippen molar-refractivity contribution in [3.8, 4) is 5.75 Å². The lowest BCUT2D eigenvalue weighted by Gasteiger charge is -2.36. The van der Waals surface area contributed by atoms with Crippen molar-refractivity contribution >= 4 is 40.5 Å². The summed E-state index contributed by atoms with van der Waals surface area (Å²) >= 11 is 6.12. The highest BCUT2D eigenvalue weighted by atomic mass is 35.5. The van der Waals surface area contributed by atoms with Gasteiger partial charge >= 0.3 is 0 Å². The van der Waals surface area contributed by atoms with E-state index in [1.807, 2.05) is 18.2 Å². The van der Waals surface area contributed by atoms with E-state index in [0.717, 1.165) is 5.69 Å². The van der Waals surface area contributed by atoms with E-state index in [-0.39, 0.29) is 24.0 Å². The van der Waals surface area contributed by atoms with Crippen molar-refractivity contribution in [2.45, 2.75) is 0 Å². The highest BCUT2D eigenvalue weighted by molar-refractivity contribution is 6.32. The Morgan fingerprint density at radius 3 is 2.76 bits per heavy atom. The zero-order valence-corrected chi connectivity index (χ0v) is 18.8. The zero-order valence-electron chi connectivity index (χ0n) is 18.0. The molecule has 11 nitrogen and oxygen atoms in total. The van der Waals surface area contributed by atoms with E-state index in [1.54, 1.807) is 24.4 Å². The van der Waals surface area contributed by atoms with Crippen LogP contribution in [0.25, 0.3) is 0 Å². The first-order valence-corrected chi connectivity index (χ1v) is 10.6. The number of anilines is 3. The number of nitrogens with zero attached hydrogens (tertiary/aromatic N) is 5. The highest BCUT2D eigenvalue weighted by Crippen LogP contribution is 2.29. The van der Waals surface area contributed by atoms with Crippen LogP contribution in [0.2, 0.25) is 5.02 Å². The Kier molecular flexibility index (Phi) is 6.59. The first-order valence-electron chi connectivity index (χ1n) is 10.3. The summed E-state index contributed by atoms with van der Waals surface area (Å²) in [6.45, 7) is 2.54. The molecule has 1 aliphatic rings. The Bertz CT molecular complexity index is 1140. The molecule has 5 N–H and O–H groups in total. The predicted molar refractivity (Wildman–Crippen MR) is 126 cm³/mol. The third-order valence-electron chi connectivity index (χ3n) is 5.40. The largest absolute Gasteiger partial charge is 0.495 e. The molecule has 1 amide bonds. The van der Waals surface area contributed by atoms with Crippen molar-refractivity contribution in [1.82, 2.24) is 24.8 Å². The Morgan fingerprint density at radius 1 is 1.27 bits per heavy atom. The summed E-state index contributed by atoms with van der Waals surface area (Å²) < 4.78 is 5.30. The number of carbonyl (C=O) groups is 1. The summed E-state index contributed by atoms with van der Waals surface area (Å²) in [5.41, 5.74) is 7.32. The van der Waals surface area contributed by atoms with Gasteiger partial charge in [-0.15, -0.1) is 0 Å².